The lowest BCUT2D eigenvalue weighted by atomic mass is 10.0. The largest absolute Gasteiger partial charge is 0.342 e. The maximum absolute atomic E-state index is 12.4. The Morgan fingerprint density at radius 1 is 1.06 bits per heavy atom. The first-order chi connectivity index (χ1) is 16.8. The molecule has 1 saturated carbocycles. The zero-order valence-electron chi connectivity index (χ0n) is 20.0. The van der Waals surface area contributed by atoms with Crippen molar-refractivity contribution in [2.75, 3.05) is 31.9 Å². The molecular formula is C25H30N6O3S. The van der Waals surface area contributed by atoms with Gasteiger partial charge in [-0.05, 0) is 48.4 Å². The summed E-state index contributed by atoms with van der Waals surface area (Å²) in [4.78, 5) is 14.4. The number of likely N-dealkylation sites (tertiary alicyclic amines) is 1. The van der Waals surface area contributed by atoms with E-state index in [9.17, 15) is 13.2 Å². The summed E-state index contributed by atoms with van der Waals surface area (Å²) >= 11 is 0. The highest BCUT2D eigenvalue weighted by Gasteiger charge is 2.36. The summed E-state index contributed by atoms with van der Waals surface area (Å²) in [7, 11) is -0.595. The summed E-state index contributed by atoms with van der Waals surface area (Å²) in [6, 6.07) is 15.3. The van der Waals surface area contributed by atoms with E-state index in [2.05, 4.69) is 19.5 Å². The molecule has 1 aromatic heterocycles. The third-order valence-electron chi connectivity index (χ3n) is 6.66. The van der Waals surface area contributed by atoms with E-state index in [4.69, 9.17) is 0 Å². The SMILES string of the molecule is CN(C)S(=O)(=O)Nc1cccc(-c2ccc(-c3nncn3CC3CCN(C(=O)C4CC4)C3)cc2)c1. The van der Waals surface area contributed by atoms with Gasteiger partial charge in [0.2, 0.25) is 5.91 Å². The van der Waals surface area contributed by atoms with Crippen LogP contribution in [0.15, 0.2) is 54.9 Å². The second kappa shape index (κ2) is 9.43. The third kappa shape index (κ3) is 5.23. The maximum atomic E-state index is 12.4. The van der Waals surface area contributed by atoms with E-state index in [1.807, 2.05) is 47.4 Å². The summed E-state index contributed by atoms with van der Waals surface area (Å²) in [5.74, 6) is 1.80. The fourth-order valence-electron chi connectivity index (χ4n) is 4.47. The van der Waals surface area contributed by atoms with Gasteiger partial charge in [-0.15, -0.1) is 10.2 Å². The Kier molecular flexibility index (Phi) is 6.33. The first kappa shape index (κ1) is 23.5. The fourth-order valence-corrected chi connectivity index (χ4v) is 5.08. The first-order valence-electron chi connectivity index (χ1n) is 11.9. The van der Waals surface area contributed by atoms with Crippen molar-refractivity contribution in [2.24, 2.45) is 11.8 Å². The van der Waals surface area contributed by atoms with Gasteiger partial charge in [0, 0.05) is 45.2 Å². The van der Waals surface area contributed by atoms with Gasteiger partial charge in [0.1, 0.15) is 6.33 Å². The highest BCUT2D eigenvalue weighted by Crippen LogP contribution is 2.33. The minimum absolute atomic E-state index is 0.270. The van der Waals surface area contributed by atoms with Gasteiger partial charge in [-0.2, -0.15) is 12.7 Å². The molecule has 1 unspecified atom stereocenters. The van der Waals surface area contributed by atoms with Gasteiger partial charge in [0.25, 0.3) is 0 Å². The van der Waals surface area contributed by atoms with Crippen molar-refractivity contribution >= 4 is 21.8 Å². The molecule has 0 spiro atoms. The molecule has 1 N–H and O–H groups in total. The number of rotatable bonds is 8. The van der Waals surface area contributed by atoms with Crippen LogP contribution in [0.2, 0.25) is 0 Å². The van der Waals surface area contributed by atoms with E-state index >= 15 is 0 Å². The molecule has 1 atom stereocenters. The van der Waals surface area contributed by atoms with Gasteiger partial charge >= 0.3 is 10.2 Å². The number of carbonyl (C=O) groups is 1. The van der Waals surface area contributed by atoms with Crippen LogP contribution in [0.25, 0.3) is 22.5 Å². The highest BCUT2D eigenvalue weighted by atomic mass is 32.2. The summed E-state index contributed by atoms with van der Waals surface area (Å²) in [6.45, 7) is 2.43. The van der Waals surface area contributed by atoms with Gasteiger partial charge in [-0.25, -0.2) is 0 Å². The van der Waals surface area contributed by atoms with Gasteiger partial charge in [0.15, 0.2) is 5.82 Å². The van der Waals surface area contributed by atoms with Crippen LogP contribution >= 0.6 is 0 Å². The van der Waals surface area contributed by atoms with E-state index in [-0.39, 0.29) is 5.92 Å². The smallest absolute Gasteiger partial charge is 0.301 e. The maximum Gasteiger partial charge on any atom is 0.301 e. The molecular weight excluding hydrogens is 464 g/mol. The lowest BCUT2D eigenvalue weighted by Gasteiger charge is -2.17. The van der Waals surface area contributed by atoms with E-state index in [0.717, 1.165) is 65.7 Å². The second-order valence-corrected chi connectivity index (χ2v) is 11.5. The van der Waals surface area contributed by atoms with Crippen LogP contribution < -0.4 is 4.72 Å². The zero-order chi connectivity index (χ0) is 24.6. The lowest BCUT2D eigenvalue weighted by molar-refractivity contribution is -0.131. The fraction of sp³-hybridized carbons (Fsp3) is 0.400. The molecule has 9 nitrogen and oxygen atoms in total. The number of hydrogen-bond acceptors (Lipinski definition) is 5. The van der Waals surface area contributed by atoms with Crippen LogP contribution in [-0.4, -0.2) is 65.5 Å². The molecule has 1 aliphatic carbocycles. The van der Waals surface area contributed by atoms with Crippen molar-refractivity contribution in [2.45, 2.75) is 25.8 Å². The van der Waals surface area contributed by atoms with Crippen LogP contribution in [0.3, 0.4) is 0 Å². The summed E-state index contributed by atoms with van der Waals surface area (Å²) < 4.78 is 30.1. The van der Waals surface area contributed by atoms with E-state index < -0.39 is 10.2 Å². The Balaban J connectivity index is 1.28. The molecule has 3 aromatic rings. The molecule has 1 amide bonds. The number of hydrogen-bond donors (Lipinski definition) is 1. The van der Waals surface area contributed by atoms with Crippen molar-refractivity contribution in [3.05, 3.63) is 54.9 Å². The average molecular weight is 495 g/mol. The molecule has 1 aliphatic heterocycles. The van der Waals surface area contributed by atoms with Gasteiger partial charge in [-0.1, -0.05) is 36.4 Å². The van der Waals surface area contributed by atoms with Crippen molar-refractivity contribution in [3.8, 4) is 22.5 Å². The van der Waals surface area contributed by atoms with Crippen LogP contribution in [0.5, 0.6) is 0 Å². The third-order valence-corrected chi connectivity index (χ3v) is 8.12. The van der Waals surface area contributed by atoms with Crippen LogP contribution in [-0.2, 0) is 21.5 Å². The number of nitrogens with zero attached hydrogens (tertiary/aromatic N) is 5. The summed E-state index contributed by atoms with van der Waals surface area (Å²) in [5.41, 5.74) is 3.34. The molecule has 35 heavy (non-hydrogen) atoms. The quantitative estimate of drug-likeness (QED) is 0.519. The first-order valence-corrected chi connectivity index (χ1v) is 13.3. The summed E-state index contributed by atoms with van der Waals surface area (Å²) in [5, 5.41) is 8.48. The summed E-state index contributed by atoms with van der Waals surface area (Å²) in [6.07, 6.45) is 4.85. The van der Waals surface area contributed by atoms with Crippen LogP contribution in [0.1, 0.15) is 19.3 Å². The Morgan fingerprint density at radius 3 is 2.51 bits per heavy atom. The molecule has 1 saturated heterocycles. The van der Waals surface area contributed by atoms with Crippen molar-refractivity contribution in [1.29, 1.82) is 0 Å². The molecule has 184 valence electrons. The minimum atomic E-state index is -3.57. The second-order valence-electron chi connectivity index (χ2n) is 9.57. The highest BCUT2D eigenvalue weighted by molar-refractivity contribution is 7.90. The van der Waals surface area contributed by atoms with Crippen molar-refractivity contribution < 1.29 is 13.2 Å². The number of carbonyl (C=O) groups excluding carboxylic acids is 1. The number of benzene rings is 2. The normalized spacial score (nSPS) is 18.3. The standard InChI is InChI=1S/C25H30N6O3S/c1-29(2)35(33,34)28-23-5-3-4-22(14-23)19-6-8-20(9-7-19)24-27-26-17-31(24)16-18-12-13-30(15-18)25(32)21-10-11-21/h3-9,14,17-18,21,28H,10-13,15-16H2,1-2H3. The van der Waals surface area contributed by atoms with Gasteiger partial charge < -0.3 is 9.47 Å². The van der Waals surface area contributed by atoms with Crippen molar-refractivity contribution in [3.63, 3.8) is 0 Å². The number of amides is 1. The molecule has 0 radical (unpaired) electrons. The van der Waals surface area contributed by atoms with Crippen molar-refractivity contribution in [1.82, 2.24) is 24.0 Å². The van der Waals surface area contributed by atoms with Crippen LogP contribution in [0, 0.1) is 11.8 Å². The predicted molar refractivity (Wildman–Crippen MR) is 135 cm³/mol. The molecule has 2 aromatic carbocycles. The Hall–Kier alpha value is -3.24. The zero-order valence-corrected chi connectivity index (χ0v) is 20.8. The molecule has 2 heterocycles. The Bertz CT molecular complexity index is 1310. The number of anilines is 1. The van der Waals surface area contributed by atoms with Gasteiger partial charge in [0.05, 0.1) is 5.69 Å². The molecule has 2 aliphatic rings. The van der Waals surface area contributed by atoms with Gasteiger partial charge in [-0.3, -0.25) is 9.52 Å². The predicted octanol–water partition coefficient (Wildman–Crippen LogP) is 3.09. The average Bonchev–Trinajstić information content (AvgIpc) is 3.42. The molecule has 5 rings (SSSR count). The Labute approximate surface area is 206 Å². The Morgan fingerprint density at radius 2 is 1.80 bits per heavy atom. The molecule has 0 bridgehead atoms. The lowest BCUT2D eigenvalue weighted by Crippen LogP contribution is -2.30. The molecule has 2 fully saturated rings. The van der Waals surface area contributed by atoms with E-state index in [1.54, 1.807) is 12.4 Å². The monoisotopic (exact) mass is 494 g/mol. The van der Waals surface area contributed by atoms with E-state index in [0.29, 0.717) is 17.5 Å². The number of aromatic nitrogens is 3. The topological polar surface area (TPSA) is 100 Å². The minimum Gasteiger partial charge on any atom is -0.342 e. The number of nitrogens with one attached hydrogen (secondary N) is 1. The van der Waals surface area contributed by atoms with E-state index in [1.165, 1.54) is 14.1 Å². The van der Waals surface area contributed by atoms with Crippen LogP contribution in [0.4, 0.5) is 5.69 Å². The molecule has 10 heteroatoms.